The van der Waals surface area contributed by atoms with Crippen LogP contribution >= 0.6 is 23.2 Å². The van der Waals surface area contributed by atoms with Crippen LogP contribution in [0.15, 0.2) is 34.3 Å². The highest BCUT2D eigenvalue weighted by Gasteiger charge is 2.25. The van der Waals surface area contributed by atoms with E-state index in [2.05, 4.69) is 0 Å². The second-order valence-corrected chi connectivity index (χ2v) is 8.90. The monoisotopic (exact) mass is 446 g/mol. The van der Waals surface area contributed by atoms with Crippen molar-refractivity contribution in [3.63, 3.8) is 0 Å². The van der Waals surface area contributed by atoms with Gasteiger partial charge in [0.2, 0.25) is 0 Å². The van der Waals surface area contributed by atoms with E-state index in [0.29, 0.717) is 21.2 Å². The molecule has 3 rings (SSSR count). The molecule has 1 saturated carbocycles. The van der Waals surface area contributed by atoms with Gasteiger partial charge in [0, 0.05) is 32.6 Å². The SMILES string of the molecule is CC(=N[C@@H]1CCCC[C@H]1N=C(C)c1cc(Cl)c(C)cc1O)c1cc(Cl)c(C)cc1O. The molecule has 2 aromatic rings. The molecule has 4 nitrogen and oxygen atoms in total. The van der Waals surface area contributed by atoms with Crippen LogP contribution in [0.2, 0.25) is 10.0 Å². The Hall–Kier alpha value is -2.04. The van der Waals surface area contributed by atoms with Crippen LogP contribution in [0.4, 0.5) is 0 Å². The summed E-state index contributed by atoms with van der Waals surface area (Å²) in [6.45, 7) is 7.52. The van der Waals surface area contributed by atoms with Crippen molar-refractivity contribution in [2.24, 2.45) is 9.98 Å². The highest BCUT2D eigenvalue weighted by molar-refractivity contribution is 6.32. The summed E-state index contributed by atoms with van der Waals surface area (Å²) in [6.07, 6.45) is 4.04. The van der Waals surface area contributed by atoms with Gasteiger partial charge in [0.05, 0.1) is 12.1 Å². The largest absolute Gasteiger partial charge is 0.507 e. The molecule has 1 aliphatic rings. The molecule has 2 atom stereocenters. The fourth-order valence-electron chi connectivity index (χ4n) is 3.94. The fraction of sp³-hybridized carbons (Fsp3) is 0.417. The predicted octanol–water partition coefficient (Wildman–Crippen LogP) is 6.65. The second kappa shape index (κ2) is 9.40. The first kappa shape index (κ1) is 22.6. The minimum Gasteiger partial charge on any atom is -0.507 e. The summed E-state index contributed by atoms with van der Waals surface area (Å²) in [4.78, 5) is 9.84. The Labute approximate surface area is 188 Å². The van der Waals surface area contributed by atoms with Gasteiger partial charge >= 0.3 is 0 Å². The van der Waals surface area contributed by atoms with Gasteiger partial charge in [0.15, 0.2) is 0 Å². The van der Waals surface area contributed by atoms with E-state index < -0.39 is 0 Å². The van der Waals surface area contributed by atoms with Crippen molar-refractivity contribution in [2.45, 2.75) is 65.5 Å². The number of phenols is 2. The Morgan fingerprint density at radius 1 is 0.767 bits per heavy atom. The number of halogens is 2. The summed E-state index contributed by atoms with van der Waals surface area (Å²) in [7, 11) is 0. The zero-order valence-electron chi connectivity index (χ0n) is 17.8. The van der Waals surface area contributed by atoms with E-state index in [1.165, 1.54) is 0 Å². The molecule has 160 valence electrons. The highest BCUT2D eigenvalue weighted by atomic mass is 35.5. The van der Waals surface area contributed by atoms with Crippen LogP contribution in [0, 0.1) is 13.8 Å². The van der Waals surface area contributed by atoms with Gasteiger partial charge in [-0.3, -0.25) is 9.98 Å². The van der Waals surface area contributed by atoms with Gasteiger partial charge in [-0.2, -0.15) is 0 Å². The third-order valence-electron chi connectivity index (χ3n) is 5.75. The lowest BCUT2D eigenvalue weighted by molar-refractivity contribution is 0.388. The zero-order chi connectivity index (χ0) is 22.0. The van der Waals surface area contributed by atoms with Gasteiger partial charge in [-0.05, 0) is 75.9 Å². The molecule has 0 aliphatic heterocycles. The highest BCUT2D eigenvalue weighted by Crippen LogP contribution is 2.31. The van der Waals surface area contributed by atoms with E-state index in [4.69, 9.17) is 33.2 Å². The summed E-state index contributed by atoms with van der Waals surface area (Å²) in [5.74, 6) is 0.369. The Morgan fingerprint density at radius 3 is 1.50 bits per heavy atom. The number of benzene rings is 2. The third-order valence-corrected chi connectivity index (χ3v) is 6.56. The lowest BCUT2D eigenvalue weighted by atomic mass is 9.90. The molecule has 0 heterocycles. The van der Waals surface area contributed by atoms with Gasteiger partial charge in [-0.15, -0.1) is 0 Å². The first-order valence-electron chi connectivity index (χ1n) is 10.2. The molecule has 1 fully saturated rings. The van der Waals surface area contributed by atoms with E-state index in [9.17, 15) is 10.2 Å². The summed E-state index contributed by atoms with van der Waals surface area (Å²) in [5, 5.41) is 21.9. The molecule has 0 amide bonds. The second-order valence-electron chi connectivity index (χ2n) is 8.09. The van der Waals surface area contributed by atoms with E-state index in [0.717, 1.165) is 48.2 Å². The third kappa shape index (κ3) is 4.98. The molecule has 6 heteroatoms. The number of hydrogen-bond acceptors (Lipinski definition) is 4. The Morgan fingerprint density at radius 2 is 1.13 bits per heavy atom. The van der Waals surface area contributed by atoms with Gasteiger partial charge < -0.3 is 10.2 Å². The van der Waals surface area contributed by atoms with Crippen molar-refractivity contribution in [2.75, 3.05) is 0 Å². The zero-order valence-corrected chi connectivity index (χ0v) is 19.3. The van der Waals surface area contributed by atoms with E-state index in [1.807, 2.05) is 27.7 Å². The maximum atomic E-state index is 10.3. The van der Waals surface area contributed by atoms with Crippen molar-refractivity contribution in [3.05, 3.63) is 56.6 Å². The van der Waals surface area contributed by atoms with Crippen LogP contribution in [-0.2, 0) is 0 Å². The van der Waals surface area contributed by atoms with Crippen LogP contribution in [0.1, 0.15) is 61.8 Å². The molecule has 0 bridgehead atoms. The van der Waals surface area contributed by atoms with Gasteiger partial charge in [0.1, 0.15) is 11.5 Å². The number of hydrogen-bond donors (Lipinski definition) is 2. The lowest BCUT2D eigenvalue weighted by Gasteiger charge is -2.27. The molecule has 30 heavy (non-hydrogen) atoms. The van der Waals surface area contributed by atoms with Crippen LogP contribution in [0.3, 0.4) is 0 Å². The number of rotatable bonds is 4. The van der Waals surface area contributed by atoms with Crippen LogP contribution in [0.5, 0.6) is 11.5 Å². The standard InChI is InChI=1S/C24H28Cl2N2O2/c1-13-9-23(29)17(11-19(13)25)15(3)27-21-7-5-6-8-22(21)28-16(4)18-12-20(26)14(2)10-24(18)30/h9-12,21-22,29-30H,5-8H2,1-4H3/t21-,22-/m1/s1. The number of aryl methyl sites for hydroxylation is 2. The average molecular weight is 447 g/mol. The summed E-state index contributed by atoms with van der Waals surface area (Å²) in [6, 6.07) is 6.89. The van der Waals surface area contributed by atoms with Crippen LogP contribution < -0.4 is 0 Å². The predicted molar refractivity (Wildman–Crippen MR) is 126 cm³/mol. The van der Waals surface area contributed by atoms with E-state index in [1.54, 1.807) is 24.3 Å². The minimum atomic E-state index is 0.0104. The molecule has 2 N–H and O–H groups in total. The first-order valence-corrected chi connectivity index (χ1v) is 11.0. The molecule has 0 unspecified atom stereocenters. The Balaban J connectivity index is 1.92. The molecule has 0 spiro atoms. The molecule has 1 aliphatic carbocycles. The number of phenolic OH excluding ortho intramolecular Hbond substituents is 2. The maximum absolute atomic E-state index is 10.3. The van der Waals surface area contributed by atoms with Crippen LogP contribution in [-0.4, -0.2) is 33.7 Å². The van der Waals surface area contributed by atoms with E-state index in [-0.39, 0.29) is 23.6 Å². The lowest BCUT2D eigenvalue weighted by Crippen LogP contribution is -2.29. The maximum Gasteiger partial charge on any atom is 0.124 e. The van der Waals surface area contributed by atoms with Gasteiger partial charge in [0.25, 0.3) is 0 Å². The topological polar surface area (TPSA) is 65.2 Å². The van der Waals surface area contributed by atoms with Gasteiger partial charge in [-0.1, -0.05) is 36.0 Å². The molecule has 0 saturated heterocycles. The Bertz CT molecular complexity index is 933. The molecular weight excluding hydrogens is 419 g/mol. The molecule has 0 aromatic heterocycles. The van der Waals surface area contributed by atoms with Gasteiger partial charge in [-0.25, -0.2) is 0 Å². The summed E-state index contributed by atoms with van der Waals surface area (Å²) in [5.41, 5.74) is 4.47. The number of aliphatic imine (C=N–C) groups is 2. The summed E-state index contributed by atoms with van der Waals surface area (Å²) < 4.78 is 0. The van der Waals surface area contributed by atoms with Crippen molar-refractivity contribution in [1.29, 1.82) is 0 Å². The van der Waals surface area contributed by atoms with Crippen LogP contribution in [0.25, 0.3) is 0 Å². The molecule has 2 aromatic carbocycles. The first-order chi connectivity index (χ1) is 14.2. The normalized spacial score (nSPS) is 20.5. The average Bonchev–Trinajstić information content (AvgIpc) is 2.68. The Kier molecular flexibility index (Phi) is 7.10. The number of aromatic hydroxyl groups is 2. The summed E-state index contributed by atoms with van der Waals surface area (Å²) >= 11 is 12.5. The molecule has 0 radical (unpaired) electrons. The van der Waals surface area contributed by atoms with Crippen molar-refractivity contribution in [3.8, 4) is 11.5 Å². The quantitative estimate of drug-likeness (QED) is 0.516. The molecular formula is C24H28Cl2N2O2. The van der Waals surface area contributed by atoms with Crippen molar-refractivity contribution in [1.82, 2.24) is 0 Å². The van der Waals surface area contributed by atoms with E-state index >= 15 is 0 Å². The van der Waals surface area contributed by atoms with Crippen molar-refractivity contribution >= 4 is 34.6 Å². The smallest absolute Gasteiger partial charge is 0.124 e. The minimum absolute atomic E-state index is 0.0104. The van der Waals surface area contributed by atoms with Crippen molar-refractivity contribution < 1.29 is 10.2 Å². The fourth-order valence-corrected chi connectivity index (χ4v) is 4.27. The number of nitrogens with zero attached hydrogens (tertiary/aromatic N) is 2.